The summed E-state index contributed by atoms with van der Waals surface area (Å²) >= 11 is 0. The predicted octanol–water partition coefficient (Wildman–Crippen LogP) is 1.98. The fraction of sp³-hybridized carbons (Fsp3) is 0.312. The molecule has 0 atom stereocenters. The number of ketones is 1. The lowest BCUT2D eigenvalue weighted by Gasteiger charge is -2.22. The monoisotopic (exact) mass is 365 g/mol. The van der Waals surface area contributed by atoms with Gasteiger partial charge in [-0.1, -0.05) is 5.16 Å². The van der Waals surface area contributed by atoms with Crippen molar-refractivity contribution in [2.24, 2.45) is 0 Å². The number of hydrogen-bond donors (Lipinski definition) is 1. The molecule has 25 heavy (non-hydrogen) atoms. The number of carbonyl (C=O) groups is 2. The molecule has 0 bridgehead atoms. The molecule has 0 aliphatic rings. The van der Waals surface area contributed by atoms with Crippen LogP contribution in [0.4, 0.5) is 11.5 Å². The van der Waals surface area contributed by atoms with Crippen LogP contribution in [-0.2, 0) is 14.8 Å². The zero-order valence-corrected chi connectivity index (χ0v) is 15.0. The SMILES string of the molecule is CC(=O)c1ccc(N(CCC(=O)Nc2cc(C)on2)S(C)(=O)=O)cc1. The van der Waals surface area contributed by atoms with Gasteiger partial charge in [0.2, 0.25) is 15.9 Å². The first-order valence-electron chi connectivity index (χ1n) is 7.48. The number of hydrogen-bond acceptors (Lipinski definition) is 6. The number of rotatable bonds is 7. The number of benzene rings is 1. The summed E-state index contributed by atoms with van der Waals surface area (Å²) in [6, 6.07) is 7.74. The molecule has 1 amide bonds. The Morgan fingerprint density at radius 3 is 2.36 bits per heavy atom. The van der Waals surface area contributed by atoms with Gasteiger partial charge in [0.15, 0.2) is 11.6 Å². The lowest BCUT2D eigenvalue weighted by Crippen LogP contribution is -2.33. The Kier molecular flexibility index (Phi) is 5.58. The van der Waals surface area contributed by atoms with E-state index >= 15 is 0 Å². The van der Waals surface area contributed by atoms with E-state index in [2.05, 4.69) is 10.5 Å². The highest BCUT2D eigenvalue weighted by atomic mass is 32.2. The molecule has 2 aromatic rings. The van der Waals surface area contributed by atoms with Crippen molar-refractivity contribution in [2.45, 2.75) is 20.3 Å². The van der Waals surface area contributed by atoms with Gasteiger partial charge >= 0.3 is 0 Å². The van der Waals surface area contributed by atoms with E-state index in [1.807, 2.05) is 0 Å². The van der Waals surface area contributed by atoms with Crippen molar-refractivity contribution in [3.63, 3.8) is 0 Å². The van der Waals surface area contributed by atoms with Crippen LogP contribution in [0.3, 0.4) is 0 Å². The number of aryl methyl sites for hydroxylation is 1. The Balaban J connectivity index is 2.08. The third-order valence-electron chi connectivity index (χ3n) is 3.40. The van der Waals surface area contributed by atoms with Crippen molar-refractivity contribution in [2.75, 3.05) is 22.4 Å². The van der Waals surface area contributed by atoms with Crippen molar-refractivity contribution < 1.29 is 22.5 Å². The molecule has 9 heteroatoms. The Labute approximate surface area is 145 Å². The van der Waals surface area contributed by atoms with Crippen molar-refractivity contribution in [3.05, 3.63) is 41.7 Å². The van der Waals surface area contributed by atoms with Crippen LogP contribution in [0.15, 0.2) is 34.9 Å². The maximum Gasteiger partial charge on any atom is 0.232 e. The molecule has 0 spiro atoms. The number of amides is 1. The van der Waals surface area contributed by atoms with Crippen LogP contribution in [-0.4, -0.2) is 38.1 Å². The van der Waals surface area contributed by atoms with Crippen molar-refractivity contribution in [1.82, 2.24) is 5.16 Å². The average Bonchev–Trinajstić information content (AvgIpc) is 2.91. The van der Waals surface area contributed by atoms with Crippen LogP contribution in [0.5, 0.6) is 0 Å². The first kappa shape index (κ1) is 18.7. The first-order chi connectivity index (χ1) is 11.7. The number of nitrogens with zero attached hydrogens (tertiary/aromatic N) is 2. The third kappa shape index (κ3) is 5.15. The van der Waals surface area contributed by atoms with Crippen LogP contribution in [0.25, 0.3) is 0 Å². The summed E-state index contributed by atoms with van der Waals surface area (Å²) < 4.78 is 30.0. The Morgan fingerprint density at radius 1 is 1.24 bits per heavy atom. The molecule has 1 aromatic carbocycles. The van der Waals surface area contributed by atoms with Gasteiger partial charge < -0.3 is 9.84 Å². The average molecular weight is 365 g/mol. The van der Waals surface area contributed by atoms with E-state index < -0.39 is 10.0 Å². The normalized spacial score (nSPS) is 11.2. The molecule has 0 aliphatic heterocycles. The van der Waals surface area contributed by atoms with E-state index in [9.17, 15) is 18.0 Å². The van der Waals surface area contributed by atoms with E-state index in [-0.39, 0.29) is 30.5 Å². The summed E-state index contributed by atoms with van der Waals surface area (Å²) in [6.07, 6.45) is 0.998. The smallest absolute Gasteiger partial charge is 0.232 e. The molecule has 1 N–H and O–H groups in total. The molecule has 134 valence electrons. The summed E-state index contributed by atoms with van der Waals surface area (Å²) in [6.45, 7) is 3.08. The largest absolute Gasteiger partial charge is 0.360 e. The second kappa shape index (κ2) is 7.47. The van der Waals surface area contributed by atoms with Crippen LogP contribution in [0, 0.1) is 6.92 Å². The highest BCUT2D eigenvalue weighted by molar-refractivity contribution is 7.92. The van der Waals surface area contributed by atoms with Crippen LogP contribution in [0.1, 0.15) is 29.5 Å². The number of sulfonamides is 1. The fourth-order valence-corrected chi connectivity index (χ4v) is 3.11. The van der Waals surface area contributed by atoms with Crippen molar-refractivity contribution in [1.29, 1.82) is 0 Å². The molecule has 0 aliphatic carbocycles. The van der Waals surface area contributed by atoms with Crippen LogP contribution >= 0.6 is 0 Å². The fourth-order valence-electron chi connectivity index (χ4n) is 2.18. The van der Waals surface area contributed by atoms with Gasteiger partial charge in [-0.25, -0.2) is 8.42 Å². The molecular formula is C16H19N3O5S. The highest BCUT2D eigenvalue weighted by Crippen LogP contribution is 2.19. The standard InChI is InChI=1S/C16H19N3O5S/c1-11-10-15(18-24-11)17-16(21)8-9-19(25(3,22)23)14-6-4-13(5-7-14)12(2)20/h4-7,10H,8-9H2,1-3H3,(H,17,18,21). The molecule has 0 radical (unpaired) electrons. The maximum atomic E-state index is 12.0. The molecule has 0 unspecified atom stereocenters. The summed E-state index contributed by atoms with van der Waals surface area (Å²) in [4.78, 5) is 23.3. The van der Waals surface area contributed by atoms with Gasteiger partial charge in [-0.15, -0.1) is 0 Å². The number of aromatic nitrogens is 1. The quantitative estimate of drug-likeness (QED) is 0.751. The van der Waals surface area contributed by atoms with E-state index in [1.165, 1.54) is 19.1 Å². The van der Waals surface area contributed by atoms with Gasteiger partial charge in [-0.05, 0) is 38.1 Å². The zero-order chi connectivity index (χ0) is 18.6. The van der Waals surface area contributed by atoms with E-state index in [1.54, 1.807) is 25.1 Å². The summed E-state index contributed by atoms with van der Waals surface area (Å²) in [5.41, 5.74) is 0.869. The van der Waals surface area contributed by atoms with Gasteiger partial charge in [-0.2, -0.15) is 0 Å². The summed E-state index contributed by atoms with van der Waals surface area (Å²) in [7, 11) is -3.58. The molecule has 0 saturated heterocycles. The number of nitrogens with one attached hydrogen (secondary N) is 1. The predicted molar refractivity (Wildman–Crippen MR) is 93.1 cm³/mol. The molecule has 2 rings (SSSR count). The van der Waals surface area contributed by atoms with Crippen molar-refractivity contribution >= 4 is 33.2 Å². The minimum atomic E-state index is -3.58. The molecule has 0 fully saturated rings. The maximum absolute atomic E-state index is 12.0. The first-order valence-corrected chi connectivity index (χ1v) is 9.33. The lowest BCUT2D eigenvalue weighted by atomic mass is 10.1. The third-order valence-corrected chi connectivity index (χ3v) is 4.59. The van der Waals surface area contributed by atoms with Crippen molar-refractivity contribution in [3.8, 4) is 0 Å². The number of anilines is 2. The van der Waals surface area contributed by atoms with Gasteiger partial charge in [0.25, 0.3) is 0 Å². The van der Waals surface area contributed by atoms with E-state index in [4.69, 9.17) is 4.52 Å². The summed E-state index contributed by atoms with van der Waals surface area (Å²) in [5.74, 6) is 0.333. The van der Waals surface area contributed by atoms with Gasteiger partial charge in [-0.3, -0.25) is 13.9 Å². The molecule has 1 heterocycles. The highest BCUT2D eigenvalue weighted by Gasteiger charge is 2.19. The minimum Gasteiger partial charge on any atom is -0.360 e. The lowest BCUT2D eigenvalue weighted by molar-refractivity contribution is -0.116. The minimum absolute atomic E-state index is 0.0408. The van der Waals surface area contributed by atoms with Gasteiger partial charge in [0.05, 0.1) is 11.9 Å². The Bertz CT molecular complexity index is 871. The molecular weight excluding hydrogens is 346 g/mol. The zero-order valence-electron chi connectivity index (χ0n) is 14.1. The second-order valence-corrected chi connectivity index (χ2v) is 7.47. The number of carbonyl (C=O) groups excluding carboxylic acids is 2. The Morgan fingerprint density at radius 2 is 1.88 bits per heavy atom. The number of Topliss-reactive ketones (excluding diaryl/α,β-unsaturated/α-hetero) is 1. The topological polar surface area (TPSA) is 110 Å². The van der Waals surface area contributed by atoms with E-state index in [0.29, 0.717) is 17.0 Å². The second-order valence-electron chi connectivity index (χ2n) is 5.56. The molecule has 8 nitrogen and oxygen atoms in total. The van der Waals surface area contributed by atoms with Crippen LogP contribution < -0.4 is 9.62 Å². The van der Waals surface area contributed by atoms with Crippen LogP contribution in [0.2, 0.25) is 0 Å². The molecule has 1 aromatic heterocycles. The van der Waals surface area contributed by atoms with Gasteiger partial charge in [0.1, 0.15) is 5.76 Å². The Hall–Kier alpha value is -2.68. The van der Waals surface area contributed by atoms with E-state index in [0.717, 1.165) is 10.6 Å². The molecule has 0 saturated carbocycles. The van der Waals surface area contributed by atoms with Gasteiger partial charge in [0, 0.05) is 24.6 Å². The summed E-state index contributed by atoms with van der Waals surface area (Å²) in [5, 5.41) is 6.18.